The molecule has 2 N–H and O–H groups in total. The number of benzene rings is 3. The standard InChI is InChI=1S/C24H20N2O3/c27-24(28)14-18-7-2-4-11-23(18)25-19-8-5-9-21(15-19)29-16-20-13-12-17-6-1-3-10-22(17)26-20/h1-13,15,25H,14,16H2,(H,27,28). The lowest BCUT2D eigenvalue weighted by atomic mass is 10.1. The fourth-order valence-electron chi connectivity index (χ4n) is 3.12. The number of hydrogen-bond donors (Lipinski definition) is 2. The van der Waals surface area contributed by atoms with E-state index in [1.807, 2.05) is 84.9 Å². The number of rotatable bonds is 7. The summed E-state index contributed by atoms with van der Waals surface area (Å²) in [5.41, 5.74) is 4.12. The molecule has 5 nitrogen and oxygen atoms in total. The molecule has 1 aromatic heterocycles. The Morgan fingerprint density at radius 2 is 1.76 bits per heavy atom. The first-order valence-corrected chi connectivity index (χ1v) is 9.32. The van der Waals surface area contributed by atoms with Crippen molar-refractivity contribution < 1.29 is 14.6 Å². The smallest absolute Gasteiger partial charge is 0.307 e. The molecule has 0 radical (unpaired) electrons. The van der Waals surface area contributed by atoms with E-state index in [-0.39, 0.29) is 6.42 Å². The molecule has 0 atom stereocenters. The van der Waals surface area contributed by atoms with E-state index in [0.29, 0.717) is 12.4 Å². The van der Waals surface area contributed by atoms with E-state index < -0.39 is 5.97 Å². The van der Waals surface area contributed by atoms with Crippen LogP contribution in [0.2, 0.25) is 0 Å². The number of ether oxygens (including phenoxy) is 1. The number of carboxylic acids is 1. The minimum absolute atomic E-state index is 0.0347. The molecule has 29 heavy (non-hydrogen) atoms. The van der Waals surface area contributed by atoms with Crippen LogP contribution >= 0.6 is 0 Å². The number of aromatic nitrogens is 1. The summed E-state index contributed by atoms with van der Waals surface area (Å²) in [7, 11) is 0. The Bertz CT molecular complexity index is 1160. The number of carbonyl (C=O) groups is 1. The van der Waals surface area contributed by atoms with Crippen molar-refractivity contribution in [3.8, 4) is 5.75 Å². The Kier molecular flexibility index (Phi) is 5.38. The highest BCUT2D eigenvalue weighted by atomic mass is 16.5. The number of nitrogens with one attached hydrogen (secondary N) is 1. The molecule has 0 bridgehead atoms. The molecule has 0 aliphatic carbocycles. The van der Waals surface area contributed by atoms with Gasteiger partial charge in [-0.1, -0.05) is 48.5 Å². The van der Waals surface area contributed by atoms with Gasteiger partial charge in [0.2, 0.25) is 0 Å². The molecule has 4 aromatic rings. The molecule has 3 aromatic carbocycles. The molecule has 0 saturated heterocycles. The summed E-state index contributed by atoms with van der Waals surface area (Å²) in [5, 5.41) is 13.5. The van der Waals surface area contributed by atoms with Crippen molar-refractivity contribution in [2.24, 2.45) is 0 Å². The number of para-hydroxylation sites is 2. The third-order valence-electron chi connectivity index (χ3n) is 4.51. The maximum atomic E-state index is 11.1. The van der Waals surface area contributed by atoms with Gasteiger partial charge in [0.1, 0.15) is 12.4 Å². The Labute approximate surface area is 168 Å². The van der Waals surface area contributed by atoms with Crippen LogP contribution in [0.5, 0.6) is 5.75 Å². The van der Waals surface area contributed by atoms with Gasteiger partial charge in [0.25, 0.3) is 0 Å². The lowest BCUT2D eigenvalue weighted by Crippen LogP contribution is -2.04. The molecule has 0 amide bonds. The zero-order valence-corrected chi connectivity index (χ0v) is 15.7. The number of anilines is 2. The Balaban J connectivity index is 1.47. The minimum atomic E-state index is -0.862. The van der Waals surface area contributed by atoms with Gasteiger partial charge in [0, 0.05) is 22.8 Å². The molecule has 0 saturated carbocycles. The van der Waals surface area contributed by atoms with E-state index in [2.05, 4.69) is 10.3 Å². The van der Waals surface area contributed by atoms with Gasteiger partial charge in [-0.2, -0.15) is 0 Å². The van der Waals surface area contributed by atoms with Gasteiger partial charge in [0.05, 0.1) is 17.6 Å². The van der Waals surface area contributed by atoms with Crippen LogP contribution in [0.4, 0.5) is 11.4 Å². The minimum Gasteiger partial charge on any atom is -0.487 e. The van der Waals surface area contributed by atoms with Crippen LogP contribution < -0.4 is 10.1 Å². The summed E-state index contributed by atoms with van der Waals surface area (Å²) in [4.78, 5) is 15.7. The molecule has 5 heteroatoms. The highest BCUT2D eigenvalue weighted by molar-refractivity contribution is 5.78. The van der Waals surface area contributed by atoms with Crippen LogP contribution in [-0.4, -0.2) is 16.1 Å². The molecule has 0 aliphatic heterocycles. The van der Waals surface area contributed by atoms with Gasteiger partial charge >= 0.3 is 5.97 Å². The number of pyridine rings is 1. The normalized spacial score (nSPS) is 10.6. The first kappa shape index (κ1) is 18.5. The summed E-state index contributed by atoms with van der Waals surface area (Å²) in [5.74, 6) is -0.153. The molecular formula is C24H20N2O3. The largest absolute Gasteiger partial charge is 0.487 e. The zero-order valence-electron chi connectivity index (χ0n) is 15.7. The lowest BCUT2D eigenvalue weighted by molar-refractivity contribution is -0.136. The zero-order chi connectivity index (χ0) is 20.1. The molecule has 1 heterocycles. The predicted molar refractivity (Wildman–Crippen MR) is 114 cm³/mol. The summed E-state index contributed by atoms with van der Waals surface area (Å²) in [6.45, 7) is 0.365. The predicted octanol–water partition coefficient (Wildman–Crippen LogP) is 5.18. The van der Waals surface area contributed by atoms with Crippen LogP contribution in [-0.2, 0) is 17.8 Å². The van der Waals surface area contributed by atoms with Gasteiger partial charge < -0.3 is 15.2 Å². The first-order chi connectivity index (χ1) is 14.2. The van der Waals surface area contributed by atoms with E-state index >= 15 is 0 Å². The summed E-state index contributed by atoms with van der Waals surface area (Å²) in [6.07, 6.45) is -0.0347. The van der Waals surface area contributed by atoms with Crippen molar-refractivity contribution in [3.63, 3.8) is 0 Å². The number of fused-ring (bicyclic) bond motifs is 1. The lowest BCUT2D eigenvalue weighted by Gasteiger charge is -2.12. The number of hydrogen-bond acceptors (Lipinski definition) is 4. The molecular weight excluding hydrogens is 364 g/mol. The van der Waals surface area contributed by atoms with E-state index in [9.17, 15) is 4.79 Å². The molecule has 0 fully saturated rings. The first-order valence-electron chi connectivity index (χ1n) is 9.32. The van der Waals surface area contributed by atoms with Gasteiger partial charge in [-0.3, -0.25) is 4.79 Å². The van der Waals surface area contributed by atoms with Gasteiger partial charge in [-0.05, 0) is 35.9 Å². The van der Waals surface area contributed by atoms with Crippen LogP contribution in [0.1, 0.15) is 11.3 Å². The molecule has 0 spiro atoms. The Morgan fingerprint density at radius 1 is 0.931 bits per heavy atom. The Hall–Kier alpha value is -3.86. The van der Waals surface area contributed by atoms with Crippen LogP contribution in [0.3, 0.4) is 0 Å². The quantitative estimate of drug-likeness (QED) is 0.459. The van der Waals surface area contributed by atoms with Crippen molar-refractivity contribution in [2.75, 3.05) is 5.32 Å². The van der Waals surface area contributed by atoms with Crippen molar-refractivity contribution in [1.82, 2.24) is 4.98 Å². The SMILES string of the molecule is O=C(O)Cc1ccccc1Nc1cccc(OCc2ccc3ccccc3n2)c1. The van der Waals surface area contributed by atoms with E-state index in [4.69, 9.17) is 9.84 Å². The molecule has 4 rings (SSSR count). The third kappa shape index (κ3) is 4.71. The monoisotopic (exact) mass is 384 g/mol. The highest BCUT2D eigenvalue weighted by Crippen LogP contribution is 2.25. The second kappa shape index (κ2) is 8.44. The van der Waals surface area contributed by atoms with E-state index in [1.165, 1.54) is 0 Å². The maximum Gasteiger partial charge on any atom is 0.307 e. The molecule has 0 unspecified atom stereocenters. The van der Waals surface area contributed by atoms with Crippen LogP contribution in [0.25, 0.3) is 10.9 Å². The summed E-state index contributed by atoms with van der Waals surface area (Å²) in [6, 6.07) is 26.9. The van der Waals surface area contributed by atoms with E-state index in [1.54, 1.807) is 0 Å². The van der Waals surface area contributed by atoms with Gasteiger partial charge in [-0.15, -0.1) is 0 Å². The van der Waals surface area contributed by atoms with Crippen molar-refractivity contribution >= 4 is 28.2 Å². The van der Waals surface area contributed by atoms with Crippen molar-refractivity contribution in [2.45, 2.75) is 13.0 Å². The van der Waals surface area contributed by atoms with E-state index in [0.717, 1.165) is 33.5 Å². The average molecular weight is 384 g/mol. The van der Waals surface area contributed by atoms with Gasteiger partial charge in [-0.25, -0.2) is 4.98 Å². The Morgan fingerprint density at radius 3 is 2.66 bits per heavy atom. The topological polar surface area (TPSA) is 71.5 Å². The van der Waals surface area contributed by atoms with Crippen LogP contribution in [0, 0.1) is 0 Å². The molecule has 0 aliphatic rings. The van der Waals surface area contributed by atoms with Crippen molar-refractivity contribution in [1.29, 1.82) is 0 Å². The second-order valence-electron chi connectivity index (χ2n) is 6.66. The van der Waals surface area contributed by atoms with Crippen molar-refractivity contribution in [3.05, 3.63) is 96.2 Å². The fraction of sp³-hybridized carbons (Fsp3) is 0.0833. The van der Waals surface area contributed by atoms with Crippen LogP contribution in [0.15, 0.2) is 84.9 Å². The maximum absolute atomic E-state index is 11.1. The summed E-state index contributed by atoms with van der Waals surface area (Å²) < 4.78 is 5.92. The highest BCUT2D eigenvalue weighted by Gasteiger charge is 2.07. The number of nitrogens with zero attached hydrogens (tertiary/aromatic N) is 1. The molecule has 144 valence electrons. The number of aliphatic carboxylic acids is 1. The average Bonchev–Trinajstić information content (AvgIpc) is 2.73. The summed E-state index contributed by atoms with van der Waals surface area (Å²) >= 11 is 0. The number of carboxylic acid groups (broad SMARTS) is 1. The van der Waals surface area contributed by atoms with Gasteiger partial charge in [0.15, 0.2) is 0 Å². The fourth-order valence-corrected chi connectivity index (χ4v) is 3.12. The second-order valence-corrected chi connectivity index (χ2v) is 6.66. The third-order valence-corrected chi connectivity index (χ3v) is 4.51.